The number of pyridine rings is 1. The van der Waals surface area contributed by atoms with Crippen LogP contribution in [0.1, 0.15) is 32.8 Å². The van der Waals surface area contributed by atoms with E-state index in [4.69, 9.17) is 11.6 Å². The Morgan fingerprint density at radius 2 is 1.89 bits per heavy atom. The summed E-state index contributed by atoms with van der Waals surface area (Å²) in [6.07, 6.45) is 2.26. The van der Waals surface area contributed by atoms with Gasteiger partial charge in [0.25, 0.3) is 18.2 Å². The van der Waals surface area contributed by atoms with E-state index in [9.17, 15) is 18.4 Å². The van der Waals surface area contributed by atoms with Crippen molar-refractivity contribution in [1.82, 2.24) is 29.8 Å². The average molecular weight is 507 g/mol. The zero-order valence-corrected chi connectivity index (χ0v) is 18.7. The van der Waals surface area contributed by atoms with E-state index >= 15 is 0 Å². The predicted molar refractivity (Wildman–Crippen MR) is 126 cm³/mol. The van der Waals surface area contributed by atoms with Crippen molar-refractivity contribution in [3.63, 3.8) is 0 Å². The molecule has 4 heterocycles. The molecule has 0 spiro atoms. The minimum atomic E-state index is -3.02. The second-order valence-corrected chi connectivity index (χ2v) is 8.18. The third-order valence-electron chi connectivity index (χ3n) is 5.68. The van der Waals surface area contributed by atoms with Crippen LogP contribution in [0.4, 0.5) is 20.2 Å². The molecule has 1 aliphatic heterocycles. The maximum absolute atomic E-state index is 14.3. The van der Waals surface area contributed by atoms with Gasteiger partial charge in [0, 0.05) is 22.0 Å². The first-order valence-corrected chi connectivity index (χ1v) is 10.9. The number of amides is 2. The Morgan fingerprint density at radius 3 is 2.64 bits per heavy atom. The molecule has 0 aliphatic carbocycles. The van der Waals surface area contributed by atoms with Gasteiger partial charge in [-0.1, -0.05) is 23.7 Å². The minimum absolute atomic E-state index is 0.143. The third-order valence-corrected chi connectivity index (χ3v) is 5.96. The molecule has 2 aromatic carbocycles. The number of nitrogens with zero attached hydrogens (tertiary/aromatic N) is 6. The normalized spacial score (nSPS) is 12.4. The maximum Gasteiger partial charge on any atom is 0.281 e. The molecule has 0 saturated carbocycles. The topological polar surface area (TPSA) is 120 Å². The molecule has 1 aliphatic rings. The first-order chi connectivity index (χ1) is 17.4. The summed E-state index contributed by atoms with van der Waals surface area (Å²) in [5.41, 5.74) is 0.590. The van der Waals surface area contributed by atoms with E-state index in [1.54, 1.807) is 30.3 Å². The lowest BCUT2D eigenvalue weighted by atomic mass is 10.0. The molecule has 13 heteroatoms. The Labute approximate surface area is 205 Å². The molecule has 0 radical (unpaired) electrons. The first kappa shape index (κ1) is 21.8. The van der Waals surface area contributed by atoms with Crippen molar-refractivity contribution in [3.05, 3.63) is 83.0 Å². The van der Waals surface area contributed by atoms with Crippen LogP contribution in [0, 0.1) is 0 Å². The van der Waals surface area contributed by atoms with Gasteiger partial charge in [-0.3, -0.25) is 9.59 Å². The van der Waals surface area contributed by atoms with E-state index < -0.39 is 18.0 Å². The summed E-state index contributed by atoms with van der Waals surface area (Å²) >= 11 is 6.23. The molecule has 0 fully saturated rings. The number of carbonyl (C=O) groups excluding carboxylic acids is 2. The SMILES string of the molecule is O=C(Nc1cnc(-n2nccn2)c(Cl)c1)c1cnn(-c2ccc3c4c(cccc24)C(=O)N3)c1C(F)F. The van der Waals surface area contributed by atoms with E-state index in [-0.39, 0.29) is 28.0 Å². The predicted octanol–water partition coefficient (Wildman–Crippen LogP) is 4.41. The van der Waals surface area contributed by atoms with Crippen LogP contribution in [0.2, 0.25) is 5.02 Å². The molecule has 10 nitrogen and oxygen atoms in total. The van der Waals surface area contributed by atoms with Gasteiger partial charge >= 0.3 is 0 Å². The fourth-order valence-corrected chi connectivity index (χ4v) is 4.41. The number of rotatable bonds is 5. The van der Waals surface area contributed by atoms with Crippen LogP contribution in [0.3, 0.4) is 0 Å². The molecule has 0 atom stereocenters. The highest BCUT2D eigenvalue weighted by molar-refractivity contribution is 6.32. The molecule has 2 N–H and O–H groups in total. The zero-order chi connectivity index (χ0) is 25.0. The second kappa shape index (κ2) is 8.20. The molecule has 5 aromatic rings. The van der Waals surface area contributed by atoms with Crippen LogP contribution in [0.25, 0.3) is 22.3 Å². The Morgan fingerprint density at radius 1 is 1.08 bits per heavy atom. The monoisotopic (exact) mass is 506 g/mol. The molecule has 6 rings (SSSR count). The maximum atomic E-state index is 14.3. The third kappa shape index (κ3) is 3.38. The van der Waals surface area contributed by atoms with E-state index in [1.807, 2.05) is 0 Å². The largest absolute Gasteiger partial charge is 0.321 e. The van der Waals surface area contributed by atoms with Crippen molar-refractivity contribution in [2.24, 2.45) is 0 Å². The van der Waals surface area contributed by atoms with Gasteiger partial charge in [0.1, 0.15) is 5.69 Å². The van der Waals surface area contributed by atoms with Crippen molar-refractivity contribution in [1.29, 1.82) is 0 Å². The number of aromatic nitrogens is 6. The second-order valence-electron chi connectivity index (χ2n) is 7.77. The van der Waals surface area contributed by atoms with Gasteiger partial charge in [-0.05, 0) is 24.3 Å². The van der Waals surface area contributed by atoms with Gasteiger partial charge < -0.3 is 10.6 Å². The summed E-state index contributed by atoms with van der Waals surface area (Å²) in [6.45, 7) is 0. The lowest BCUT2D eigenvalue weighted by Crippen LogP contribution is -2.15. The van der Waals surface area contributed by atoms with E-state index in [1.165, 1.54) is 29.5 Å². The van der Waals surface area contributed by atoms with Gasteiger partial charge in [-0.25, -0.2) is 18.4 Å². The molecule has 0 unspecified atom stereocenters. The molecule has 0 saturated heterocycles. The molecular weight excluding hydrogens is 494 g/mol. The van der Waals surface area contributed by atoms with Crippen LogP contribution in [0.5, 0.6) is 0 Å². The zero-order valence-electron chi connectivity index (χ0n) is 18.0. The number of nitrogens with one attached hydrogen (secondary N) is 2. The first-order valence-electron chi connectivity index (χ1n) is 10.5. The summed E-state index contributed by atoms with van der Waals surface area (Å²) in [4.78, 5) is 30.5. The quantitative estimate of drug-likeness (QED) is 0.364. The molecule has 36 heavy (non-hydrogen) atoms. The lowest BCUT2D eigenvalue weighted by Gasteiger charge is -2.12. The number of carbonyl (C=O) groups is 2. The highest BCUT2D eigenvalue weighted by Gasteiger charge is 2.28. The van der Waals surface area contributed by atoms with Gasteiger partial charge in [0.2, 0.25) is 0 Å². The molecule has 2 amide bonds. The van der Waals surface area contributed by atoms with Gasteiger partial charge in [-0.2, -0.15) is 15.3 Å². The number of benzene rings is 2. The van der Waals surface area contributed by atoms with Crippen molar-refractivity contribution < 1.29 is 18.4 Å². The van der Waals surface area contributed by atoms with Crippen LogP contribution in [-0.4, -0.2) is 41.6 Å². The van der Waals surface area contributed by atoms with Gasteiger partial charge in [-0.15, -0.1) is 4.80 Å². The summed E-state index contributed by atoms with van der Waals surface area (Å²) in [6, 6.07) is 9.62. The Bertz CT molecular complexity index is 1680. The Kier molecular flexibility index (Phi) is 4.97. The highest BCUT2D eigenvalue weighted by atomic mass is 35.5. The number of halogens is 3. The van der Waals surface area contributed by atoms with Gasteiger partial charge in [0.05, 0.1) is 46.7 Å². The molecular formula is C23H13ClF2N8O2. The lowest BCUT2D eigenvalue weighted by molar-refractivity contribution is 0.100. The number of anilines is 2. The number of alkyl halides is 2. The van der Waals surface area contributed by atoms with Crippen LogP contribution < -0.4 is 10.6 Å². The smallest absolute Gasteiger partial charge is 0.281 e. The van der Waals surface area contributed by atoms with Crippen molar-refractivity contribution >= 4 is 45.6 Å². The summed E-state index contributed by atoms with van der Waals surface area (Å²) < 4.78 is 29.5. The van der Waals surface area contributed by atoms with Crippen molar-refractivity contribution in [2.45, 2.75) is 6.43 Å². The van der Waals surface area contributed by atoms with Crippen molar-refractivity contribution in [2.75, 3.05) is 10.6 Å². The summed E-state index contributed by atoms with van der Waals surface area (Å²) in [7, 11) is 0. The van der Waals surface area contributed by atoms with E-state index in [0.717, 1.165) is 10.9 Å². The summed E-state index contributed by atoms with van der Waals surface area (Å²) in [5, 5.41) is 18.5. The minimum Gasteiger partial charge on any atom is -0.321 e. The molecule has 178 valence electrons. The van der Waals surface area contributed by atoms with Crippen LogP contribution in [0.15, 0.2) is 61.2 Å². The summed E-state index contributed by atoms with van der Waals surface area (Å²) in [5.74, 6) is -0.855. The standard InChI is InChI=1S/C23H13ClF2N8O2/c24-15-8-11(9-27-21(15)34-28-6-7-29-34)31-23(36)14-10-30-33(19(14)20(25)26)17-5-4-16-18-12(17)2-1-3-13(18)22(35)32-16/h1-10,20H,(H,31,36)(H,32,35). The van der Waals surface area contributed by atoms with Crippen LogP contribution in [-0.2, 0) is 0 Å². The number of hydrogen-bond acceptors (Lipinski definition) is 6. The fourth-order valence-electron chi connectivity index (χ4n) is 4.16. The van der Waals surface area contributed by atoms with Crippen molar-refractivity contribution in [3.8, 4) is 11.5 Å². The number of hydrogen-bond donors (Lipinski definition) is 2. The molecule has 3 aromatic heterocycles. The fraction of sp³-hybridized carbons (Fsp3) is 0.0435. The van der Waals surface area contributed by atoms with Crippen LogP contribution >= 0.6 is 11.6 Å². The Hall–Kier alpha value is -4.71. The highest BCUT2D eigenvalue weighted by Crippen LogP contribution is 2.38. The Balaban J connectivity index is 1.38. The van der Waals surface area contributed by atoms with E-state index in [2.05, 4.69) is 30.9 Å². The van der Waals surface area contributed by atoms with E-state index in [0.29, 0.717) is 27.7 Å². The van der Waals surface area contributed by atoms with Gasteiger partial charge in [0.15, 0.2) is 5.82 Å². The average Bonchev–Trinajstić information content (AvgIpc) is 3.60. The molecule has 0 bridgehead atoms.